The number of methoxy groups -OCH3 is 1. The second kappa shape index (κ2) is 7.04. The van der Waals surface area contributed by atoms with E-state index < -0.39 is 11.4 Å². The highest BCUT2D eigenvalue weighted by atomic mass is 35.5. The van der Waals surface area contributed by atoms with Crippen molar-refractivity contribution in [3.8, 4) is 0 Å². The van der Waals surface area contributed by atoms with E-state index in [2.05, 4.69) is 5.32 Å². The topological polar surface area (TPSA) is 55.4 Å². The summed E-state index contributed by atoms with van der Waals surface area (Å²) in [5.74, 6) is -0.705. The largest absolute Gasteiger partial charge is 0.465 e. The summed E-state index contributed by atoms with van der Waals surface area (Å²) in [6.07, 6.45) is 0. The van der Waals surface area contributed by atoms with Crippen molar-refractivity contribution in [2.75, 3.05) is 12.4 Å². The van der Waals surface area contributed by atoms with Gasteiger partial charge in [-0.25, -0.2) is 4.79 Å². The molecule has 3 aromatic rings. The maximum absolute atomic E-state index is 12.8. The first-order chi connectivity index (χ1) is 11.9. The smallest absolute Gasteiger partial charge is 0.344 e. The van der Waals surface area contributed by atoms with E-state index in [1.54, 1.807) is 6.07 Å². The summed E-state index contributed by atoms with van der Waals surface area (Å²) in [4.78, 5) is 25.0. The van der Waals surface area contributed by atoms with E-state index in [4.69, 9.17) is 27.9 Å². The van der Waals surface area contributed by atoms with Crippen LogP contribution in [0.1, 0.15) is 15.9 Å². The summed E-state index contributed by atoms with van der Waals surface area (Å²) in [6.45, 7) is 1.98. The number of fused-ring (bicyclic) bond motifs is 1. The number of hydrogen-bond acceptors (Lipinski definition) is 5. The van der Waals surface area contributed by atoms with E-state index in [0.29, 0.717) is 20.1 Å². The van der Waals surface area contributed by atoms with Gasteiger partial charge in [0.25, 0.3) is 0 Å². The molecule has 2 aromatic carbocycles. The third-order valence-corrected chi connectivity index (χ3v) is 5.42. The van der Waals surface area contributed by atoms with Crippen molar-refractivity contribution in [3.05, 3.63) is 67.8 Å². The van der Waals surface area contributed by atoms with Crippen LogP contribution in [-0.2, 0) is 4.74 Å². The van der Waals surface area contributed by atoms with Gasteiger partial charge in [-0.2, -0.15) is 0 Å². The van der Waals surface area contributed by atoms with Crippen LogP contribution >= 0.6 is 34.5 Å². The normalized spacial score (nSPS) is 10.7. The van der Waals surface area contributed by atoms with Gasteiger partial charge in [0.15, 0.2) is 0 Å². The number of esters is 1. The van der Waals surface area contributed by atoms with E-state index >= 15 is 0 Å². The first-order valence-corrected chi connectivity index (χ1v) is 8.86. The van der Waals surface area contributed by atoms with Gasteiger partial charge < -0.3 is 10.1 Å². The van der Waals surface area contributed by atoms with Gasteiger partial charge in [-0.3, -0.25) is 4.79 Å². The lowest BCUT2D eigenvalue weighted by Gasteiger charge is -2.12. The summed E-state index contributed by atoms with van der Waals surface area (Å²) in [7, 11) is 1.24. The minimum Gasteiger partial charge on any atom is -0.465 e. The standard InChI is InChI=1S/C18H13Cl2NO3S/c1-9-3-5-10(6-4-9)21-17-15(18(23)24-2)16(22)11-7-12(19)13(20)8-14(11)25-17/h3-8,21H,1-2H3. The minimum atomic E-state index is -0.705. The van der Waals surface area contributed by atoms with Crippen LogP contribution in [0.15, 0.2) is 41.2 Å². The van der Waals surface area contributed by atoms with Crippen LogP contribution in [0.4, 0.5) is 10.7 Å². The summed E-state index contributed by atoms with van der Waals surface area (Å²) < 4.78 is 5.41. The summed E-state index contributed by atoms with van der Waals surface area (Å²) in [5.41, 5.74) is 1.35. The number of anilines is 2. The molecule has 0 fully saturated rings. The van der Waals surface area contributed by atoms with Gasteiger partial charge >= 0.3 is 5.97 Å². The molecule has 0 aliphatic carbocycles. The van der Waals surface area contributed by atoms with Crippen molar-refractivity contribution in [3.63, 3.8) is 0 Å². The SMILES string of the molecule is COC(=O)c1c(Nc2ccc(C)cc2)sc2cc(Cl)c(Cl)cc2c1=O. The lowest BCUT2D eigenvalue weighted by molar-refractivity contribution is 0.0601. The molecule has 0 bridgehead atoms. The van der Waals surface area contributed by atoms with Crippen molar-refractivity contribution in [2.45, 2.75) is 6.92 Å². The number of hydrogen-bond donors (Lipinski definition) is 1. The van der Waals surface area contributed by atoms with Gasteiger partial charge in [0.2, 0.25) is 5.43 Å². The third-order valence-electron chi connectivity index (χ3n) is 3.63. The first kappa shape index (κ1) is 17.7. The zero-order chi connectivity index (χ0) is 18.1. The Hall–Kier alpha value is -2.08. The van der Waals surface area contributed by atoms with E-state index in [-0.39, 0.29) is 10.6 Å². The van der Waals surface area contributed by atoms with Crippen LogP contribution in [-0.4, -0.2) is 13.1 Å². The fraction of sp³-hybridized carbons (Fsp3) is 0.111. The monoisotopic (exact) mass is 393 g/mol. The number of halogens is 2. The fourth-order valence-electron chi connectivity index (χ4n) is 2.33. The molecule has 0 saturated heterocycles. The average Bonchev–Trinajstić information content (AvgIpc) is 2.58. The second-order valence-electron chi connectivity index (χ2n) is 5.38. The number of nitrogens with one attached hydrogen (secondary N) is 1. The molecule has 1 heterocycles. The van der Waals surface area contributed by atoms with E-state index in [0.717, 1.165) is 11.3 Å². The molecule has 25 heavy (non-hydrogen) atoms. The van der Waals surface area contributed by atoms with Gasteiger partial charge in [0.1, 0.15) is 10.6 Å². The Labute approximate surface area is 158 Å². The maximum Gasteiger partial charge on any atom is 0.344 e. The Bertz CT molecular complexity index is 1030. The molecule has 0 saturated carbocycles. The molecular formula is C18H13Cl2NO3S. The van der Waals surface area contributed by atoms with Crippen molar-refractivity contribution < 1.29 is 9.53 Å². The number of rotatable bonds is 3. The fourth-order valence-corrected chi connectivity index (χ4v) is 3.83. The van der Waals surface area contributed by atoms with E-state index in [1.165, 1.54) is 24.5 Å². The molecule has 0 aliphatic heterocycles. The van der Waals surface area contributed by atoms with Crippen LogP contribution in [0.3, 0.4) is 0 Å². The van der Waals surface area contributed by atoms with E-state index in [1.807, 2.05) is 31.2 Å². The molecule has 1 N–H and O–H groups in total. The van der Waals surface area contributed by atoms with Crippen molar-refractivity contribution in [1.82, 2.24) is 0 Å². The second-order valence-corrected chi connectivity index (χ2v) is 7.25. The summed E-state index contributed by atoms with van der Waals surface area (Å²) in [6, 6.07) is 10.7. The molecule has 1 aromatic heterocycles. The summed E-state index contributed by atoms with van der Waals surface area (Å²) in [5, 5.41) is 4.45. The Balaban J connectivity index is 2.24. The van der Waals surface area contributed by atoms with E-state index in [9.17, 15) is 9.59 Å². The number of carbonyl (C=O) groups excluding carboxylic acids is 1. The van der Waals surface area contributed by atoms with Gasteiger partial charge in [-0.05, 0) is 31.2 Å². The molecule has 7 heteroatoms. The third kappa shape index (κ3) is 3.49. The lowest BCUT2D eigenvalue weighted by Crippen LogP contribution is -2.18. The summed E-state index contributed by atoms with van der Waals surface area (Å²) >= 11 is 13.3. The number of aryl methyl sites for hydroxylation is 1. The van der Waals surface area contributed by atoms with Crippen LogP contribution in [0.5, 0.6) is 0 Å². The van der Waals surface area contributed by atoms with Gasteiger partial charge in [-0.15, -0.1) is 11.3 Å². The molecule has 0 amide bonds. The lowest BCUT2D eigenvalue weighted by atomic mass is 10.2. The van der Waals surface area contributed by atoms with Crippen LogP contribution in [0, 0.1) is 6.92 Å². The predicted molar refractivity (Wildman–Crippen MR) is 104 cm³/mol. The predicted octanol–water partition coefficient (Wildman–Crippen LogP) is 5.41. The van der Waals surface area contributed by atoms with Crippen LogP contribution in [0.25, 0.3) is 10.1 Å². The van der Waals surface area contributed by atoms with Gasteiger partial charge in [0.05, 0.1) is 17.2 Å². The molecule has 0 atom stereocenters. The highest BCUT2D eigenvalue weighted by Crippen LogP contribution is 2.34. The van der Waals surface area contributed by atoms with Gasteiger partial charge in [0, 0.05) is 15.8 Å². The zero-order valence-corrected chi connectivity index (χ0v) is 15.7. The van der Waals surface area contributed by atoms with Crippen LogP contribution < -0.4 is 10.7 Å². The molecule has 0 aliphatic rings. The number of benzene rings is 2. The molecule has 0 spiro atoms. The van der Waals surface area contributed by atoms with Crippen molar-refractivity contribution >= 4 is 61.3 Å². The molecule has 128 valence electrons. The zero-order valence-electron chi connectivity index (χ0n) is 13.4. The molecule has 4 nitrogen and oxygen atoms in total. The molecular weight excluding hydrogens is 381 g/mol. The highest BCUT2D eigenvalue weighted by Gasteiger charge is 2.21. The first-order valence-electron chi connectivity index (χ1n) is 7.28. The average molecular weight is 394 g/mol. The molecule has 3 rings (SSSR count). The Morgan fingerprint density at radius 3 is 2.40 bits per heavy atom. The van der Waals surface area contributed by atoms with Gasteiger partial charge in [-0.1, -0.05) is 40.9 Å². The minimum absolute atomic E-state index is 0.0565. The Kier molecular flexibility index (Phi) is 4.99. The highest BCUT2D eigenvalue weighted by molar-refractivity contribution is 7.22. The number of ether oxygens (including phenoxy) is 1. The number of carbonyl (C=O) groups is 1. The van der Waals surface area contributed by atoms with Crippen molar-refractivity contribution in [1.29, 1.82) is 0 Å². The van der Waals surface area contributed by atoms with Crippen molar-refractivity contribution in [2.24, 2.45) is 0 Å². The Morgan fingerprint density at radius 1 is 1.12 bits per heavy atom. The molecule has 0 unspecified atom stereocenters. The van der Waals surface area contributed by atoms with Crippen LogP contribution in [0.2, 0.25) is 10.0 Å². The quantitative estimate of drug-likeness (QED) is 0.604. The molecule has 0 radical (unpaired) electrons. The Morgan fingerprint density at radius 2 is 1.76 bits per heavy atom. The maximum atomic E-state index is 12.8.